The Morgan fingerprint density at radius 2 is 2.10 bits per heavy atom. The lowest BCUT2D eigenvalue weighted by molar-refractivity contribution is -0.121. The van der Waals surface area contributed by atoms with Crippen LogP contribution in [0.1, 0.15) is 32.6 Å². The molecule has 1 saturated carbocycles. The summed E-state index contributed by atoms with van der Waals surface area (Å²) in [5.41, 5.74) is 0. The van der Waals surface area contributed by atoms with Crippen molar-refractivity contribution in [3.05, 3.63) is 0 Å². The Kier molecular flexibility index (Phi) is 11.8. The van der Waals surface area contributed by atoms with Crippen LogP contribution >= 0.6 is 24.0 Å². The SMILES string of the molecule is CCNC(=NCCCC(=O)NC1CC1)NCCOC.I. The van der Waals surface area contributed by atoms with Gasteiger partial charge < -0.3 is 20.7 Å². The van der Waals surface area contributed by atoms with Gasteiger partial charge in [0.05, 0.1) is 6.61 Å². The van der Waals surface area contributed by atoms with E-state index in [2.05, 4.69) is 20.9 Å². The van der Waals surface area contributed by atoms with Crippen LogP contribution in [0.15, 0.2) is 4.99 Å². The topological polar surface area (TPSA) is 74.8 Å². The van der Waals surface area contributed by atoms with E-state index in [9.17, 15) is 4.79 Å². The van der Waals surface area contributed by atoms with Crippen molar-refractivity contribution in [1.82, 2.24) is 16.0 Å². The lowest BCUT2D eigenvalue weighted by Crippen LogP contribution is -2.39. The number of nitrogens with one attached hydrogen (secondary N) is 3. The normalized spacial score (nSPS) is 14.4. The van der Waals surface area contributed by atoms with Crippen LogP contribution in [0.2, 0.25) is 0 Å². The fourth-order valence-corrected chi connectivity index (χ4v) is 1.57. The molecule has 20 heavy (non-hydrogen) atoms. The Morgan fingerprint density at radius 3 is 2.70 bits per heavy atom. The van der Waals surface area contributed by atoms with Gasteiger partial charge in [-0.2, -0.15) is 0 Å². The van der Waals surface area contributed by atoms with Crippen molar-refractivity contribution >= 4 is 35.8 Å². The number of methoxy groups -OCH3 is 1. The van der Waals surface area contributed by atoms with Gasteiger partial charge in [-0.1, -0.05) is 0 Å². The molecule has 1 aliphatic carbocycles. The zero-order valence-corrected chi connectivity index (χ0v) is 14.7. The quantitative estimate of drug-likeness (QED) is 0.233. The number of nitrogens with zero attached hydrogens (tertiary/aromatic N) is 1. The number of hydrogen-bond donors (Lipinski definition) is 3. The third-order valence-corrected chi connectivity index (χ3v) is 2.72. The minimum Gasteiger partial charge on any atom is -0.383 e. The van der Waals surface area contributed by atoms with Crippen molar-refractivity contribution in [3.63, 3.8) is 0 Å². The van der Waals surface area contributed by atoms with Crippen molar-refractivity contribution in [2.24, 2.45) is 4.99 Å². The second kappa shape index (κ2) is 12.2. The number of guanidine groups is 1. The Hall–Kier alpha value is -0.570. The van der Waals surface area contributed by atoms with E-state index in [-0.39, 0.29) is 29.9 Å². The van der Waals surface area contributed by atoms with Gasteiger partial charge in [0.25, 0.3) is 0 Å². The highest BCUT2D eigenvalue weighted by molar-refractivity contribution is 14.0. The molecule has 118 valence electrons. The monoisotopic (exact) mass is 398 g/mol. The van der Waals surface area contributed by atoms with Crippen LogP contribution in [0.25, 0.3) is 0 Å². The van der Waals surface area contributed by atoms with Gasteiger partial charge in [-0.05, 0) is 26.2 Å². The molecule has 0 aliphatic heterocycles. The number of aliphatic imine (C=N–C) groups is 1. The van der Waals surface area contributed by atoms with Gasteiger partial charge in [-0.15, -0.1) is 24.0 Å². The summed E-state index contributed by atoms with van der Waals surface area (Å²) < 4.78 is 4.97. The van der Waals surface area contributed by atoms with Crippen LogP contribution in [0.3, 0.4) is 0 Å². The molecule has 0 saturated heterocycles. The molecule has 6 nitrogen and oxygen atoms in total. The first-order valence-electron chi connectivity index (χ1n) is 7.06. The van der Waals surface area contributed by atoms with Crippen LogP contribution in [0.4, 0.5) is 0 Å². The van der Waals surface area contributed by atoms with Crippen LogP contribution in [0.5, 0.6) is 0 Å². The fraction of sp³-hybridized carbons (Fsp3) is 0.846. The maximum atomic E-state index is 11.5. The lowest BCUT2D eigenvalue weighted by atomic mass is 10.3. The summed E-state index contributed by atoms with van der Waals surface area (Å²) in [4.78, 5) is 15.9. The summed E-state index contributed by atoms with van der Waals surface area (Å²) in [5.74, 6) is 0.928. The second-order valence-electron chi connectivity index (χ2n) is 4.63. The highest BCUT2D eigenvalue weighted by Gasteiger charge is 2.22. The van der Waals surface area contributed by atoms with E-state index in [1.807, 2.05) is 6.92 Å². The minimum atomic E-state index is 0. The lowest BCUT2D eigenvalue weighted by Gasteiger charge is -2.10. The maximum absolute atomic E-state index is 11.5. The number of carbonyl (C=O) groups is 1. The zero-order valence-electron chi connectivity index (χ0n) is 12.4. The highest BCUT2D eigenvalue weighted by Crippen LogP contribution is 2.18. The molecule has 0 unspecified atom stereocenters. The first-order chi connectivity index (χ1) is 9.26. The number of ether oxygens (including phenoxy) is 1. The summed E-state index contributed by atoms with van der Waals surface area (Å²) in [6, 6.07) is 0.448. The molecule has 1 aliphatic rings. The highest BCUT2D eigenvalue weighted by atomic mass is 127. The average molecular weight is 398 g/mol. The minimum absolute atomic E-state index is 0. The van der Waals surface area contributed by atoms with Crippen molar-refractivity contribution in [2.45, 2.75) is 38.6 Å². The van der Waals surface area contributed by atoms with Gasteiger partial charge in [-0.25, -0.2) is 0 Å². The Morgan fingerprint density at radius 1 is 1.35 bits per heavy atom. The number of carbonyl (C=O) groups excluding carboxylic acids is 1. The molecule has 0 spiro atoms. The third-order valence-electron chi connectivity index (χ3n) is 2.72. The van der Waals surface area contributed by atoms with Crippen molar-refractivity contribution < 1.29 is 9.53 Å². The largest absolute Gasteiger partial charge is 0.383 e. The number of halogens is 1. The van der Waals surface area contributed by atoms with Gasteiger partial charge in [0.2, 0.25) is 5.91 Å². The van der Waals surface area contributed by atoms with Gasteiger partial charge >= 0.3 is 0 Å². The van der Waals surface area contributed by atoms with E-state index in [1.54, 1.807) is 7.11 Å². The van der Waals surface area contributed by atoms with Crippen molar-refractivity contribution in [2.75, 3.05) is 33.4 Å². The third kappa shape index (κ3) is 10.2. The first kappa shape index (κ1) is 19.4. The maximum Gasteiger partial charge on any atom is 0.220 e. The molecule has 0 aromatic carbocycles. The fourth-order valence-electron chi connectivity index (χ4n) is 1.57. The zero-order chi connectivity index (χ0) is 13.9. The molecular weight excluding hydrogens is 371 g/mol. The van der Waals surface area contributed by atoms with Crippen LogP contribution < -0.4 is 16.0 Å². The molecule has 1 rings (SSSR count). The second-order valence-corrected chi connectivity index (χ2v) is 4.63. The average Bonchev–Trinajstić information content (AvgIpc) is 3.18. The number of amides is 1. The van der Waals surface area contributed by atoms with E-state index in [0.29, 0.717) is 25.6 Å². The Balaban J connectivity index is 0.00000361. The number of hydrogen-bond acceptors (Lipinski definition) is 3. The van der Waals surface area contributed by atoms with Gasteiger partial charge in [-0.3, -0.25) is 9.79 Å². The van der Waals surface area contributed by atoms with E-state index in [1.165, 1.54) is 0 Å². The Bertz CT molecular complexity index is 296. The predicted molar refractivity (Wildman–Crippen MR) is 91.7 cm³/mol. The molecule has 3 N–H and O–H groups in total. The molecule has 1 fully saturated rings. The van der Waals surface area contributed by atoms with E-state index >= 15 is 0 Å². The molecule has 0 heterocycles. The van der Waals surface area contributed by atoms with Crippen LogP contribution in [0, 0.1) is 0 Å². The first-order valence-corrected chi connectivity index (χ1v) is 7.06. The molecule has 0 bridgehead atoms. The van der Waals surface area contributed by atoms with E-state index in [0.717, 1.165) is 38.3 Å². The molecule has 0 aromatic heterocycles. The van der Waals surface area contributed by atoms with Crippen molar-refractivity contribution in [3.8, 4) is 0 Å². The Labute approximate surface area is 138 Å². The summed E-state index contributed by atoms with van der Waals surface area (Å²) >= 11 is 0. The predicted octanol–water partition coefficient (Wildman–Crippen LogP) is 0.865. The van der Waals surface area contributed by atoms with E-state index in [4.69, 9.17) is 4.74 Å². The van der Waals surface area contributed by atoms with E-state index < -0.39 is 0 Å². The standard InChI is InChI=1S/C13H26N4O2.HI/c1-3-14-13(16-9-10-19-2)15-8-4-5-12(18)17-11-6-7-11;/h11H,3-10H2,1-2H3,(H,17,18)(H2,14,15,16);1H. The molecule has 7 heteroatoms. The van der Waals surface area contributed by atoms with Crippen molar-refractivity contribution in [1.29, 1.82) is 0 Å². The van der Waals surface area contributed by atoms with Gasteiger partial charge in [0.15, 0.2) is 5.96 Å². The summed E-state index contributed by atoms with van der Waals surface area (Å²) in [5, 5.41) is 9.29. The molecule has 1 amide bonds. The molecule has 0 radical (unpaired) electrons. The van der Waals surface area contributed by atoms with Crippen LogP contribution in [-0.4, -0.2) is 51.3 Å². The smallest absolute Gasteiger partial charge is 0.220 e. The summed E-state index contributed by atoms with van der Waals surface area (Å²) in [7, 11) is 1.67. The number of rotatable bonds is 9. The van der Waals surface area contributed by atoms with Gasteiger partial charge in [0.1, 0.15) is 0 Å². The summed E-state index contributed by atoms with van der Waals surface area (Å²) in [6.45, 7) is 4.87. The van der Waals surface area contributed by atoms with Gasteiger partial charge in [0, 0.05) is 39.2 Å². The van der Waals surface area contributed by atoms with Crippen LogP contribution in [-0.2, 0) is 9.53 Å². The molecule has 0 aromatic rings. The summed E-state index contributed by atoms with van der Waals surface area (Å²) in [6.07, 6.45) is 3.60. The molecular formula is C13H27IN4O2. The molecule has 0 atom stereocenters.